The van der Waals surface area contributed by atoms with Crippen LogP contribution in [-0.4, -0.2) is 31.9 Å². The first-order valence-corrected chi connectivity index (χ1v) is 9.29. The summed E-state index contributed by atoms with van der Waals surface area (Å²) in [6.07, 6.45) is 1.54. The summed E-state index contributed by atoms with van der Waals surface area (Å²) >= 11 is 6.09. The van der Waals surface area contributed by atoms with Gasteiger partial charge in [0.05, 0.1) is 11.5 Å². The molecule has 1 aliphatic rings. The second-order valence-corrected chi connectivity index (χ2v) is 8.37. The Balaban J connectivity index is 1.81. The predicted octanol–water partition coefficient (Wildman–Crippen LogP) is 2.21. The van der Waals surface area contributed by atoms with Crippen molar-refractivity contribution in [1.29, 1.82) is 0 Å². The van der Waals surface area contributed by atoms with Crippen LogP contribution in [0.1, 0.15) is 25.3 Å². The monoisotopic (exact) mass is 329 g/mol. The molecule has 0 bridgehead atoms. The lowest BCUT2D eigenvalue weighted by Gasteiger charge is -2.16. The van der Waals surface area contributed by atoms with E-state index in [0.29, 0.717) is 17.9 Å². The molecule has 1 fully saturated rings. The van der Waals surface area contributed by atoms with Gasteiger partial charge in [0.25, 0.3) is 0 Å². The van der Waals surface area contributed by atoms with Gasteiger partial charge in [-0.1, -0.05) is 29.8 Å². The van der Waals surface area contributed by atoms with Crippen molar-refractivity contribution in [3.63, 3.8) is 0 Å². The highest BCUT2D eigenvalue weighted by Gasteiger charge is 2.29. The van der Waals surface area contributed by atoms with Gasteiger partial charge in [0, 0.05) is 17.5 Å². The molecule has 0 unspecified atom stereocenters. The average Bonchev–Trinajstić information content (AvgIpc) is 2.71. The number of amides is 1. The van der Waals surface area contributed by atoms with Gasteiger partial charge in [-0.25, -0.2) is 8.42 Å². The normalized spacial score (nSPS) is 21.9. The number of nitrogens with one attached hydrogen (secondary N) is 1. The molecule has 21 heavy (non-hydrogen) atoms. The van der Waals surface area contributed by atoms with Crippen molar-refractivity contribution >= 4 is 27.3 Å². The molecule has 0 spiro atoms. The van der Waals surface area contributed by atoms with Crippen molar-refractivity contribution in [2.75, 3.05) is 11.5 Å². The van der Waals surface area contributed by atoms with Gasteiger partial charge in [0.2, 0.25) is 5.91 Å². The maximum atomic E-state index is 12.0. The van der Waals surface area contributed by atoms with Crippen LogP contribution in [0.3, 0.4) is 0 Å². The number of rotatable bonds is 5. The van der Waals surface area contributed by atoms with E-state index in [1.54, 1.807) is 0 Å². The summed E-state index contributed by atoms with van der Waals surface area (Å²) in [7, 11) is -2.92. The van der Waals surface area contributed by atoms with Gasteiger partial charge >= 0.3 is 0 Å². The highest BCUT2D eigenvalue weighted by Crippen LogP contribution is 2.21. The highest BCUT2D eigenvalue weighted by atomic mass is 35.5. The van der Waals surface area contributed by atoms with Crippen LogP contribution in [-0.2, 0) is 21.1 Å². The van der Waals surface area contributed by atoms with Crippen LogP contribution in [0.25, 0.3) is 0 Å². The van der Waals surface area contributed by atoms with E-state index in [2.05, 4.69) is 5.32 Å². The molecule has 1 amide bonds. The summed E-state index contributed by atoms with van der Waals surface area (Å²) in [4.78, 5) is 12.0. The van der Waals surface area contributed by atoms with E-state index in [4.69, 9.17) is 11.6 Å². The van der Waals surface area contributed by atoms with Gasteiger partial charge in [0.1, 0.15) is 0 Å². The van der Waals surface area contributed by atoms with Crippen LogP contribution in [0.5, 0.6) is 0 Å². The first-order valence-electron chi connectivity index (χ1n) is 7.09. The Kier molecular flexibility index (Phi) is 5.27. The van der Waals surface area contributed by atoms with E-state index < -0.39 is 9.84 Å². The summed E-state index contributed by atoms with van der Waals surface area (Å²) in [5.41, 5.74) is 0.996. The predicted molar refractivity (Wildman–Crippen MR) is 84.1 cm³/mol. The number of hydrogen-bond acceptors (Lipinski definition) is 3. The lowest BCUT2D eigenvalue weighted by Crippen LogP contribution is -2.35. The standard InChI is InChI=1S/C15H20ClNO3S/c1-11(8-13-4-2-3-5-14(13)16)17-15(18)9-12-6-7-21(19,20)10-12/h2-5,11-12H,6-10H2,1H3,(H,17,18)/t11-,12+/m0/s1. The molecule has 1 saturated heterocycles. The molecule has 0 aliphatic carbocycles. The van der Waals surface area contributed by atoms with Crippen LogP contribution in [0, 0.1) is 5.92 Å². The van der Waals surface area contributed by atoms with Crippen molar-refractivity contribution in [3.05, 3.63) is 34.9 Å². The number of halogens is 1. The molecule has 0 aromatic heterocycles. The lowest BCUT2D eigenvalue weighted by atomic mass is 10.0. The molecule has 2 atom stereocenters. The van der Waals surface area contributed by atoms with E-state index in [1.165, 1.54) is 0 Å². The highest BCUT2D eigenvalue weighted by molar-refractivity contribution is 7.91. The number of hydrogen-bond donors (Lipinski definition) is 1. The molecule has 1 heterocycles. The quantitative estimate of drug-likeness (QED) is 0.900. The van der Waals surface area contributed by atoms with Gasteiger partial charge in [-0.3, -0.25) is 4.79 Å². The number of carbonyl (C=O) groups is 1. The molecule has 116 valence electrons. The fourth-order valence-corrected chi connectivity index (χ4v) is 4.75. The van der Waals surface area contributed by atoms with Gasteiger partial charge < -0.3 is 5.32 Å². The third-order valence-corrected chi connectivity index (χ3v) is 5.90. The molecule has 0 saturated carbocycles. The van der Waals surface area contributed by atoms with Crippen LogP contribution in [0.4, 0.5) is 0 Å². The van der Waals surface area contributed by atoms with Gasteiger partial charge in [-0.2, -0.15) is 0 Å². The minimum Gasteiger partial charge on any atom is -0.353 e. The third kappa shape index (κ3) is 5.00. The molecular weight excluding hydrogens is 310 g/mol. The smallest absolute Gasteiger partial charge is 0.220 e. The topological polar surface area (TPSA) is 63.2 Å². The molecule has 6 heteroatoms. The first-order chi connectivity index (χ1) is 9.85. The van der Waals surface area contributed by atoms with E-state index in [-0.39, 0.29) is 35.8 Å². The Morgan fingerprint density at radius 1 is 1.43 bits per heavy atom. The van der Waals surface area contributed by atoms with Crippen molar-refractivity contribution in [2.45, 2.75) is 32.2 Å². The summed E-state index contributed by atoms with van der Waals surface area (Å²) in [6, 6.07) is 7.52. The van der Waals surface area contributed by atoms with Gasteiger partial charge in [-0.15, -0.1) is 0 Å². The molecule has 1 aromatic carbocycles. The second-order valence-electron chi connectivity index (χ2n) is 5.74. The molecular formula is C15H20ClNO3S. The minimum atomic E-state index is -2.92. The largest absolute Gasteiger partial charge is 0.353 e. The SMILES string of the molecule is C[C@@H](Cc1ccccc1Cl)NC(=O)C[C@H]1CCS(=O)(=O)C1. The summed E-state index contributed by atoms with van der Waals surface area (Å²) in [5, 5.41) is 3.61. The molecule has 2 rings (SSSR count). The summed E-state index contributed by atoms with van der Waals surface area (Å²) < 4.78 is 22.8. The Morgan fingerprint density at radius 2 is 2.14 bits per heavy atom. The number of carbonyl (C=O) groups excluding carboxylic acids is 1. The molecule has 1 aromatic rings. The van der Waals surface area contributed by atoms with Crippen molar-refractivity contribution in [1.82, 2.24) is 5.32 Å². The summed E-state index contributed by atoms with van der Waals surface area (Å²) in [6.45, 7) is 1.92. The van der Waals surface area contributed by atoms with E-state index in [0.717, 1.165) is 5.56 Å². The molecule has 1 N–H and O–H groups in total. The van der Waals surface area contributed by atoms with Crippen LogP contribution in [0.15, 0.2) is 24.3 Å². The minimum absolute atomic E-state index is 0.0320. The first kappa shape index (κ1) is 16.3. The van der Waals surface area contributed by atoms with E-state index >= 15 is 0 Å². The number of sulfone groups is 1. The Morgan fingerprint density at radius 3 is 2.76 bits per heavy atom. The fourth-order valence-electron chi connectivity index (χ4n) is 2.67. The summed E-state index contributed by atoms with van der Waals surface area (Å²) in [5.74, 6) is 0.221. The van der Waals surface area contributed by atoms with Crippen molar-refractivity contribution < 1.29 is 13.2 Å². The number of benzene rings is 1. The van der Waals surface area contributed by atoms with Crippen LogP contribution in [0.2, 0.25) is 5.02 Å². The average molecular weight is 330 g/mol. The van der Waals surface area contributed by atoms with Crippen LogP contribution >= 0.6 is 11.6 Å². The zero-order valence-electron chi connectivity index (χ0n) is 12.0. The van der Waals surface area contributed by atoms with Gasteiger partial charge in [0.15, 0.2) is 9.84 Å². The van der Waals surface area contributed by atoms with Crippen molar-refractivity contribution in [2.24, 2.45) is 5.92 Å². The third-order valence-electron chi connectivity index (χ3n) is 3.69. The fraction of sp³-hybridized carbons (Fsp3) is 0.533. The van der Waals surface area contributed by atoms with Crippen molar-refractivity contribution in [3.8, 4) is 0 Å². The molecule has 4 nitrogen and oxygen atoms in total. The van der Waals surface area contributed by atoms with E-state index in [1.807, 2.05) is 31.2 Å². The zero-order chi connectivity index (χ0) is 15.5. The maximum absolute atomic E-state index is 12.0. The molecule has 1 aliphatic heterocycles. The Bertz CT molecular complexity index is 615. The zero-order valence-corrected chi connectivity index (χ0v) is 13.6. The molecule has 0 radical (unpaired) electrons. The Labute approximate surface area is 130 Å². The van der Waals surface area contributed by atoms with E-state index in [9.17, 15) is 13.2 Å². The van der Waals surface area contributed by atoms with Crippen LogP contribution < -0.4 is 5.32 Å². The second kappa shape index (κ2) is 6.79. The Hall–Kier alpha value is -1.07. The maximum Gasteiger partial charge on any atom is 0.220 e. The lowest BCUT2D eigenvalue weighted by molar-refractivity contribution is -0.122. The van der Waals surface area contributed by atoms with Gasteiger partial charge in [-0.05, 0) is 37.3 Å².